The maximum atomic E-state index is 12.3. The van der Waals surface area contributed by atoms with E-state index in [-0.39, 0.29) is 17.9 Å². The summed E-state index contributed by atoms with van der Waals surface area (Å²) in [6.07, 6.45) is 3.55. The number of nitrogens with two attached hydrogens (primary N) is 1. The second-order valence-electron chi connectivity index (χ2n) is 5.63. The number of carbonyl (C=O) groups is 1. The molecule has 0 spiro atoms. The largest absolute Gasteiger partial charge is 0.328 e. The van der Waals surface area contributed by atoms with Crippen LogP contribution in [0, 0.1) is 5.92 Å². The number of carbonyl (C=O) groups excluding carboxylic acids is 1. The SMILES string of the molecule is NC1CCC(C(=O)Nc2ccc3cc(Cl)ccc3n2)CC1. The molecule has 3 N–H and O–H groups in total. The number of hydrogen-bond acceptors (Lipinski definition) is 3. The van der Waals surface area contributed by atoms with Crippen molar-refractivity contribution in [2.24, 2.45) is 11.7 Å². The van der Waals surface area contributed by atoms with Crippen LogP contribution in [0.3, 0.4) is 0 Å². The second kappa shape index (κ2) is 6.00. The number of halogens is 1. The Labute approximate surface area is 128 Å². The first kappa shape index (κ1) is 14.3. The molecule has 0 unspecified atom stereocenters. The molecule has 3 rings (SSSR count). The van der Waals surface area contributed by atoms with E-state index >= 15 is 0 Å². The number of aromatic nitrogens is 1. The number of hydrogen-bond donors (Lipinski definition) is 2. The van der Waals surface area contributed by atoms with Gasteiger partial charge in [-0.15, -0.1) is 0 Å². The molecule has 4 nitrogen and oxygen atoms in total. The third-order valence-electron chi connectivity index (χ3n) is 4.05. The highest BCUT2D eigenvalue weighted by atomic mass is 35.5. The normalized spacial score (nSPS) is 22.2. The summed E-state index contributed by atoms with van der Waals surface area (Å²) in [5.74, 6) is 0.680. The van der Waals surface area contributed by atoms with Crippen molar-refractivity contribution in [2.75, 3.05) is 5.32 Å². The molecular formula is C16H18ClN3O. The minimum Gasteiger partial charge on any atom is -0.328 e. The van der Waals surface area contributed by atoms with Gasteiger partial charge in [-0.3, -0.25) is 4.79 Å². The van der Waals surface area contributed by atoms with Crippen LogP contribution < -0.4 is 11.1 Å². The summed E-state index contributed by atoms with van der Waals surface area (Å²) >= 11 is 5.95. The molecule has 0 bridgehead atoms. The van der Waals surface area contributed by atoms with Crippen LogP contribution in [0.2, 0.25) is 5.02 Å². The topological polar surface area (TPSA) is 68.0 Å². The molecule has 1 fully saturated rings. The number of anilines is 1. The highest BCUT2D eigenvalue weighted by Crippen LogP contribution is 2.25. The van der Waals surface area contributed by atoms with Gasteiger partial charge in [0.1, 0.15) is 5.82 Å². The van der Waals surface area contributed by atoms with Crippen molar-refractivity contribution in [3.05, 3.63) is 35.4 Å². The molecule has 0 radical (unpaired) electrons. The number of pyridine rings is 1. The first-order chi connectivity index (χ1) is 10.1. The zero-order valence-electron chi connectivity index (χ0n) is 11.7. The fraction of sp³-hybridized carbons (Fsp3) is 0.375. The Bertz CT molecular complexity index is 666. The third-order valence-corrected chi connectivity index (χ3v) is 4.28. The molecule has 1 aliphatic carbocycles. The molecule has 1 amide bonds. The van der Waals surface area contributed by atoms with Gasteiger partial charge >= 0.3 is 0 Å². The molecule has 5 heteroatoms. The van der Waals surface area contributed by atoms with Crippen LogP contribution in [0.15, 0.2) is 30.3 Å². The Balaban J connectivity index is 1.72. The second-order valence-corrected chi connectivity index (χ2v) is 6.07. The molecule has 21 heavy (non-hydrogen) atoms. The summed E-state index contributed by atoms with van der Waals surface area (Å²) in [6.45, 7) is 0. The van der Waals surface area contributed by atoms with Crippen LogP contribution in [-0.4, -0.2) is 16.9 Å². The molecular weight excluding hydrogens is 286 g/mol. The Morgan fingerprint density at radius 1 is 1.19 bits per heavy atom. The molecule has 1 heterocycles. The summed E-state index contributed by atoms with van der Waals surface area (Å²) in [4.78, 5) is 16.7. The molecule has 110 valence electrons. The first-order valence-electron chi connectivity index (χ1n) is 7.24. The molecule has 1 saturated carbocycles. The minimum atomic E-state index is 0.0442. The average Bonchev–Trinajstić information content (AvgIpc) is 2.48. The quantitative estimate of drug-likeness (QED) is 0.894. The first-order valence-corrected chi connectivity index (χ1v) is 7.62. The van der Waals surface area contributed by atoms with E-state index < -0.39 is 0 Å². The van der Waals surface area contributed by atoms with Gasteiger partial charge in [-0.05, 0) is 56.0 Å². The Morgan fingerprint density at radius 3 is 2.71 bits per heavy atom. The van der Waals surface area contributed by atoms with Gasteiger partial charge in [0, 0.05) is 22.4 Å². The highest BCUT2D eigenvalue weighted by Gasteiger charge is 2.24. The lowest BCUT2D eigenvalue weighted by atomic mass is 9.86. The third kappa shape index (κ3) is 3.34. The fourth-order valence-corrected chi connectivity index (χ4v) is 2.96. The molecule has 0 atom stereocenters. The van der Waals surface area contributed by atoms with E-state index in [2.05, 4.69) is 10.3 Å². The Morgan fingerprint density at radius 2 is 1.95 bits per heavy atom. The van der Waals surface area contributed by atoms with Gasteiger partial charge in [0.25, 0.3) is 0 Å². The smallest absolute Gasteiger partial charge is 0.228 e. The molecule has 2 aromatic rings. The van der Waals surface area contributed by atoms with E-state index in [1.165, 1.54) is 0 Å². The lowest BCUT2D eigenvalue weighted by Crippen LogP contribution is -2.32. The maximum absolute atomic E-state index is 12.3. The lowest BCUT2D eigenvalue weighted by molar-refractivity contribution is -0.120. The molecule has 1 aromatic heterocycles. The van der Waals surface area contributed by atoms with Gasteiger partial charge in [0.2, 0.25) is 5.91 Å². The number of benzene rings is 1. The number of fused-ring (bicyclic) bond motifs is 1. The zero-order chi connectivity index (χ0) is 14.8. The number of nitrogens with zero attached hydrogens (tertiary/aromatic N) is 1. The highest BCUT2D eigenvalue weighted by molar-refractivity contribution is 6.31. The van der Waals surface area contributed by atoms with Crippen molar-refractivity contribution in [2.45, 2.75) is 31.7 Å². The monoisotopic (exact) mass is 303 g/mol. The van der Waals surface area contributed by atoms with Gasteiger partial charge in [-0.1, -0.05) is 11.6 Å². The lowest BCUT2D eigenvalue weighted by Gasteiger charge is -2.24. The van der Waals surface area contributed by atoms with E-state index in [1.54, 1.807) is 6.07 Å². The van der Waals surface area contributed by atoms with Crippen molar-refractivity contribution < 1.29 is 4.79 Å². The standard InChI is InChI=1S/C16H18ClN3O/c17-12-4-7-14-11(9-12)3-8-15(19-14)20-16(21)10-1-5-13(18)6-2-10/h3-4,7-10,13H,1-2,5-6,18H2,(H,19,20,21). The van der Waals surface area contributed by atoms with Gasteiger partial charge in [0.05, 0.1) is 5.52 Å². The zero-order valence-corrected chi connectivity index (χ0v) is 12.4. The van der Waals surface area contributed by atoms with Gasteiger partial charge < -0.3 is 11.1 Å². The summed E-state index contributed by atoms with van der Waals surface area (Å²) in [6, 6.07) is 9.49. The minimum absolute atomic E-state index is 0.0442. The van der Waals surface area contributed by atoms with Crippen molar-refractivity contribution in [1.82, 2.24) is 4.98 Å². The van der Waals surface area contributed by atoms with E-state index in [0.717, 1.165) is 36.6 Å². The predicted molar refractivity (Wildman–Crippen MR) is 85.3 cm³/mol. The number of amides is 1. The van der Waals surface area contributed by atoms with E-state index in [4.69, 9.17) is 17.3 Å². The number of nitrogens with one attached hydrogen (secondary N) is 1. The van der Waals surface area contributed by atoms with Gasteiger partial charge in [0.15, 0.2) is 0 Å². The van der Waals surface area contributed by atoms with Crippen LogP contribution in [0.4, 0.5) is 5.82 Å². The average molecular weight is 304 g/mol. The van der Waals surface area contributed by atoms with Crippen LogP contribution >= 0.6 is 11.6 Å². The van der Waals surface area contributed by atoms with Crippen molar-refractivity contribution in [3.8, 4) is 0 Å². The van der Waals surface area contributed by atoms with Crippen molar-refractivity contribution in [3.63, 3.8) is 0 Å². The molecule has 1 aromatic carbocycles. The summed E-state index contributed by atoms with van der Waals surface area (Å²) in [5, 5.41) is 4.55. The predicted octanol–water partition coefficient (Wildman–Crippen LogP) is 3.34. The van der Waals surface area contributed by atoms with Crippen LogP contribution in [0.25, 0.3) is 10.9 Å². The van der Waals surface area contributed by atoms with Crippen molar-refractivity contribution >= 4 is 34.2 Å². The summed E-state index contributed by atoms with van der Waals surface area (Å²) < 4.78 is 0. The van der Waals surface area contributed by atoms with Crippen molar-refractivity contribution in [1.29, 1.82) is 0 Å². The number of rotatable bonds is 2. The van der Waals surface area contributed by atoms with Gasteiger partial charge in [-0.25, -0.2) is 4.98 Å². The van der Waals surface area contributed by atoms with Gasteiger partial charge in [-0.2, -0.15) is 0 Å². The Hall–Kier alpha value is -1.65. The Kier molecular flexibility index (Phi) is 4.08. The van der Waals surface area contributed by atoms with Crippen LogP contribution in [0.5, 0.6) is 0 Å². The fourth-order valence-electron chi connectivity index (χ4n) is 2.78. The molecule has 1 aliphatic rings. The van der Waals surface area contributed by atoms with Crippen LogP contribution in [-0.2, 0) is 4.79 Å². The van der Waals surface area contributed by atoms with Crippen LogP contribution in [0.1, 0.15) is 25.7 Å². The summed E-state index contributed by atoms with van der Waals surface area (Å²) in [7, 11) is 0. The summed E-state index contributed by atoms with van der Waals surface area (Å²) in [5.41, 5.74) is 6.69. The molecule has 0 saturated heterocycles. The van der Waals surface area contributed by atoms with E-state index in [9.17, 15) is 4.79 Å². The molecule has 0 aliphatic heterocycles. The van der Waals surface area contributed by atoms with E-state index in [1.807, 2.05) is 24.3 Å². The maximum Gasteiger partial charge on any atom is 0.228 e. The van der Waals surface area contributed by atoms with E-state index in [0.29, 0.717) is 10.8 Å².